The van der Waals surface area contributed by atoms with Crippen LogP contribution >= 0.6 is 11.6 Å². The Morgan fingerprint density at radius 2 is 1.96 bits per heavy atom. The molecule has 1 N–H and O–H groups in total. The van der Waals surface area contributed by atoms with Gasteiger partial charge in [-0.2, -0.15) is 9.99 Å². The van der Waals surface area contributed by atoms with Gasteiger partial charge in [-0.25, -0.2) is 9.78 Å². The zero-order valence-corrected chi connectivity index (χ0v) is 16.6. The lowest BCUT2D eigenvalue weighted by Crippen LogP contribution is -2.41. The fourth-order valence-electron chi connectivity index (χ4n) is 2.11. The van der Waals surface area contributed by atoms with E-state index >= 15 is 0 Å². The molecule has 1 amide bonds. The molecule has 0 saturated heterocycles. The lowest BCUT2D eigenvalue weighted by molar-refractivity contribution is 0.0589. The van der Waals surface area contributed by atoms with Gasteiger partial charge in [0.15, 0.2) is 5.82 Å². The molecular weight excluding hydrogens is 368 g/mol. The number of benzene rings is 1. The Kier molecular flexibility index (Phi) is 6.63. The molecule has 1 heterocycles. The van der Waals surface area contributed by atoms with Crippen molar-refractivity contribution in [2.24, 2.45) is 0 Å². The van der Waals surface area contributed by atoms with Crippen LogP contribution in [0.2, 0.25) is 5.28 Å². The van der Waals surface area contributed by atoms with Crippen LogP contribution < -0.4 is 10.4 Å². The number of halogens is 1. The highest BCUT2D eigenvalue weighted by atomic mass is 35.5. The molecule has 0 bridgehead atoms. The average molecular weight is 391 g/mol. The summed E-state index contributed by atoms with van der Waals surface area (Å²) in [7, 11) is 0. The van der Waals surface area contributed by atoms with Crippen molar-refractivity contribution in [2.45, 2.75) is 33.3 Å². The van der Waals surface area contributed by atoms with Crippen LogP contribution in [0.1, 0.15) is 33.3 Å². The SMILES string of the molecule is C=C(OCC)c1cnc(Cl)nc1NN(C(=O)OC(C)(C)C)c1ccccc1. The van der Waals surface area contributed by atoms with E-state index < -0.39 is 11.7 Å². The first-order chi connectivity index (χ1) is 12.7. The van der Waals surface area contributed by atoms with Crippen LogP contribution in [0, 0.1) is 0 Å². The van der Waals surface area contributed by atoms with Gasteiger partial charge < -0.3 is 9.47 Å². The number of anilines is 2. The van der Waals surface area contributed by atoms with Gasteiger partial charge in [0.1, 0.15) is 11.4 Å². The summed E-state index contributed by atoms with van der Waals surface area (Å²) in [6.07, 6.45) is 0.880. The van der Waals surface area contributed by atoms with Gasteiger partial charge in [-0.15, -0.1) is 0 Å². The van der Waals surface area contributed by atoms with Crippen molar-refractivity contribution in [3.05, 3.63) is 54.0 Å². The fourth-order valence-corrected chi connectivity index (χ4v) is 2.24. The molecule has 27 heavy (non-hydrogen) atoms. The van der Waals surface area contributed by atoms with Crippen molar-refractivity contribution >= 4 is 35.0 Å². The highest BCUT2D eigenvalue weighted by molar-refractivity contribution is 6.28. The third-order valence-electron chi connectivity index (χ3n) is 3.19. The van der Waals surface area contributed by atoms with E-state index in [1.54, 1.807) is 45.0 Å². The van der Waals surface area contributed by atoms with Gasteiger partial charge in [0, 0.05) is 6.20 Å². The molecule has 0 aliphatic carbocycles. The lowest BCUT2D eigenvalue weighted by Gasteiger charge is -2.28. The van der Waals surface area contributed by atoms with E-state index in [2.05, 4.69) is 22.0 Å². The van der Waals surface area contributed by atoms with Gasteiger partial charge >= 0.3 is 6.09 Å². The van der Waals surface area contributed by atoms with Crippen molar-refractivity contribution in [3.8, 4) is 0 Å². The molecule has 8 heteroatoms. The molecule has 0 aliphatic rings. The Morgan fingerprint density at radius 3 is 2.56 bits per heavy atom. The zero-order chi connectivity index (χ0) is 20.0. The number of hydrogen-bond acceptors (Lipinski definition) is 6. The van der Waals surface area contributed by atoms with Gasteiger partial charge in [-0.3, -0.25) is 5.43 Å². The van der Waals surface area contributed by atoms with Crippen LogP contribution in [0.15, 0.2) is 43.1 Å². The molecule has 0 saturated carbocycles. The molecule has 0 spiro atoms. The number of nitrogens with zero attached hydrogens (tertiary/aromatic N) is 3. The molecule has 0 fully saturated rings. The van der Waals surface area contributed by atoms with Crippen molar-refractivity contribution in [3.63, 3.8) is 0 Å². The number of hydrazine groups is 1. The van der Waals surface area contributed by atoms with E-state index in [1.807, 2.05) is 13.0 Å². The monoisotopic (exact) mass is 390 g/mol. The fraction of sp³-hybridized carbons (Fsp3) is 0.316. The maximum atomic E-state index is 12.8. The number of hydrogen-bond donors (Lipinski definition) is 1. The summed E-state index contributed by atoms with van der Waals surface area (Å²) in [6.45, 7) is 11.5. The van der Waals surface area contributed by atoms with Crippen LogP contribution in [-0.2, 0) is 9.47 Å². The Morgan fingerprint density at radius 1 is 1.30 bits per heavy atom. The molecule has 0 aliphatic heterocycles. The van der Waals surface area contributed by atoms with Crippen molar-refractivity contribution in [1.82, 2.24) is 9.97 Å². The van der Waals surface area contributed by atoms with Gasteiger partial charge in [0.25, 0.3) is 0 Å². The van der Waals surface area contributed by atoms with Crippen LogP contribution in [0.3, 0.4) is 0 Å². The Labute approximate surface area is 163 Å². The Balaban J connectivity index is 2.42. The predicted molar refractivity (Wildman–Crippen MR) is 106 cm³/mol. The molecule has 0 atom stereocenters. The summed E-state index contributed by atoms with van der Waals surface area (Å²) >= 11 is 5.95. The van der Waals surface area contributed by atoms with Crippen LogP contribution in [0.25, 0.3) is 5.76 Å². The van der Waals surface area contributed by atoms with Crippen molar-refractivity contribution in [1.29, 1.82) is 0 Å². The summed E-state index contributed by atoms with van der Waals surface area (Å²) in [5.74, 6) is 0.622. The topological polar surface area (TPSA) is 76.6 Å². The number of ether oxygens (including phenoxy) is 2. The molecule has 1 aromatic carbocycles. The number of para-hydroxylation sites is 1. The van der Waals surface area contributed by atoms with Gasteiger partial charge in [-0.05, 0) is 51.4 Å². The highest BCUT2D eigenvalue weighted by Crippen LogP contribution is 2.25. The van der Waals surface area contributed by atoms with Gasteiger partial charge in [-0.1, -0.05) is 24.8 Å². The summed E-state index contributed by atoms with van der Waals surface area (Å²) in [5, 5.41) is 1.26. The maximum Gasteiger partial charge on any atom is 0.434 e. The standard InChI is InChI=1S/C19H23ClN4O3/c1-6-26-13(2)15-12-21-17(20)22-16(15)23-24(14-10-8-7-9-11-14)18(25)27-19(3,4)5/h7-12H,2,6H2,1,3-5H3,(H,21,22,23). The maximum absolute atomic E-state index is 12.8. The van der Waals surface area contributed by atoms with Crippen LogP contribution in [0.5, 0.6) is 0 Å². The van der Waals surface area contributed by atoms with Gasteiger partial charge in [0.05, 0.1) is 17.9 Å². The summed E-state index contributed by atoms with van der Waals surface area (Å²) < 4.78 is 10.9. The van der Waals surface area contributed by atoms with Crippen molar-refractivity contribution in [2.75, 3.05) is 17.0 Å². The van der Waals surface area contributed by atoms with Gasteiger partial charge in [0.2, 0.25) is 5.28 Å². The quantitative estimate of drug-likeness (QED) is 0.429. The van der Waals surface area contributed by atoms with Crippen LogP contribution in [0.4, 0.5) is 16.3 Å². The molecule has 2 aromatic rings. The predicted octanol–water partition coefficient (Wildman–Crippen LogP) is 4.91. The zero-order valence-electron chi connectivity index (χ0n) is 15.8. The minimum absolute atomic E-state index is 0.0164. The summed E-state index contributed by atoms with van der Waals surface area (Å²) in [6, 6.07) is 8.98. The molecule has 0 radical (unpaired) electrons. The minimum atomic E-state index is -0.674. The first-order valence-electron chi connectivity index (χ1n) is 8.40. The number of amides is 1. The number of nitrogens with one attached hydrogen (secondary N) is 1. The second-order valence-electron chi connectivity index (χ2n) is 6.52. The first-order valence-corrected chi connectivity index (χ1v) is 8.78. The minimum Gasteiger partial charge on any atom is -0.494 e. The molecule has 2 rings (SSSR count). The third kappa shape index (κ3) is 5.86. The largest absolute Gasteiger partial charge is 0.494 e. The number of carbonyl (C=O) groups excluding carboxylic acids is 1. The van der Waals surface area contributed by atoms with E-state index in [-0.39, 0.29) is 11.1 Å². The van der Waals surface area contributed by atoms with E-state index in [4.69, 9.17) is 21.1 Å². The summed E-state index contributed by atoms with van der Waals surface area (Å²) in [4.78, 5) is 20.9. The van der Waals surface area contributed by atoms with E-state index in [1.165, 1.54) is 11.2 Å². The number of carbonyl (C=O) groups is 1. The molecule has 7 nitrogen and oxygen atoms in total. The normalized spacial score (nSPS) is 10.9. The molecule has 144 valence electrons. The number of aromatic nitrogens is 2. The van der Waals surface area contributed by atoms with E-state index in [0.717, 1.165) is 0 Å². The number of rotatable bonds is 6. The molecular formula is C19H23ClN4O3. The Hall–Kier alpha value is -2.80. The second kappa shape index (κ2) is 8.73. The van der Waals surface area contributed by atoms with Crippen molar-refractivity contribution < 1.29 is 14.3 Å². The Bertz CT molecular complexity index is 806. The van der Waals surface area contributed by atoms with E-state index in [9.17, 15) is 4.79 Å². The smallest absolute Gasteiger partial charge is 0.434 e. The van der Waals surface area contributed by atoms with Crippen LogP contribution in [-0.4, -0.2) is 28.3 Å². The second-order valence-corrected chi connectivity index (χ2v) is 6.86. The molecule has 0 unspecified atom stereocenters. The summed E-state index contributed by atoms with van der Waals surface area (Å²) in [5.41, 5.74) is 3.32. The molecule has 1 aromatic heterocycles. The highest BCUT2D eigenvalue weighted by Gasteiger charge is 2.25. The first kappa shape index (κ1) is 20.5. The van der Waals surface area contributed by atoms with E-state index in [0.29, 0.717) is 23.6 Å². The average Bonchev–Trinajstić information content (AvgIpc) is 2.59. The lowest BCUT2D eigenvalue weighted by atomic mass is 10.2. The third-order valence-corrected chi connectivity index (χ3v) is 3.37.